The molecule has 1 aliphatic heterocycles. The highest BCUT2D eigenvalue weighted by Crippen LogP contribution is 2.46. The number of halogens is 2. The van der Waals surface area contributed by atoms with Crippen molar-refractivity contribution in [3.05, 3.63) is 87.2 Å². The molecule has 2 heterocycles. The third-order valence-electron chi connectivity index (χ3n) is 5.31. The van der Waals surface area contributed by atoms with Crippen molar-refractivity contribution >= 4 is 46.3 Å². The summed E-state index contributed by atoms with van der Waals surface area (Å²) in [4.78, 5) is 31.5. The number of phenolic OH excluding ortho intramolecular Hbond substituents is 1. The third-order valence-corrected chi connectivity index (χ3v) is 5.83. The molecule has 168 valence electrons. The van der Waals surface area contributed by atoms with Crippen molar-refractivity contribution in [3.8, 4) is 11.5 Å². The Morgan fingerprint density at radius 3 is 2.45 bits per heavy atom. The predicted molar refractivity (Wildman–Crippen MR) is 125 cm³/mol. The van der Waals surface area contributed by atoms with Crippen LogP contribution in [0.3, 0.4) is 0 Å². The number of pyridine rings is 1. The Labute approximate surface area is 199 Å². The van der Waals surface area contributed by atoms with E-state index in [-0.39, 0.29) is 38.4 Å². The minimum Gasteiger partial charge on any atom is -0.507 e. The van der Waals surface area contributed by atoms with Crippen molar-refractivity contribution < 1.29 is 24.5 Å². The Bertz CT molecular complexity index is 1310. The number of benzene rings is 2. The molecule has 1 atom stereocenters. The summed E-state index contributed by atoms with van der Waals surface area (Å²) in [7, 11) is 1.39. The van der Waals surface area contributed by atoms with Crippen LogP contribution < -0.4 is 9.64 Å². The van der Waals surface area contributed by atoms with E-state index < -0.39 is 23.5 Å². The van der Waals surface area contributed by atoms with E-state index in [1.54, 1.807) is 31.2 Å². The van der Waals surface area contributed by atoms with Crippen molar-refractivity contribution in [2.75, 3.05) is 12.0 Å². The zero-order valence-corrected chi connectivity index (χ0v) is 19.1. The Kier molecular flexibility index (Phi) is 6.01. The molecule has 1 aromatic heterocycles. The van der Waals surface area contributed by atoms with Gasteiger partial charge in [-0.1, -0.05) is 23.2 Å². The SMILES string of the molecule is COc1c(Cl)cc(C)cc1/C(O)=C1\C(=O)C(=O)N(c2cc(Cl)ccc2O)C1c1ccncc1. The molecule has 0 radical (unpaired) electrons. The van der Waals surface area contributed by atoms with Crippen LogP contribution in [0.1, 0.15) is 22.7 Å². The molecule has 0 aliphatic carbocycles. The van der Waals surface area contributed by atoms with E-state index in [1.807, 2.05) is 0 Å². The molecule has 1 fully saturated rings. The molecule has 4 rings (SSSR count). The first-order valence-corrected chi connectivity index (χ1v) is 10.5. The summed E-state index contributed by atoms with van der Waals surface area (Å²) >= 11 is 12.4. The second kappa shape index (κ2) is 8.77. The van der Waals surface area contributed by atoms with E-state index in [0.29, 0.717) is 11.1 Å². The number of ketones is 1. The van der Waals surface area contributed by atoms with Gasteiger partial charge in [0, 0.05) is 17.4 Å². The molecule has 0 spiro atoms. The van der Waals surface area contributed by atoms with Gasteiger partial charge in [0.2, 0.25) is 0 Å². The lowest BCUT2D eigenvalue weighted by Crippen LogP contribution is -2.29. The Hall–Kier alpha value is -3.55. The van der Waals surface area contributed by atoms with Gasteiger partial charge in [0.25, 0.3) is 11.7 Å². The molecule has 0 bridgehead atoms. The summed E-state index contributed by atoms with van der Waals surface area (Å²) in [6, 6.07) is 9.56. The van der Waals surface area contributed by atoms with Gasteiger partial charge < -0.3 is 14.9 Å². The van der Waals surface area contributed by atoms with Gasteiger partial charge >= 0.3 is 0 Å². The van der Waals surface area contributed by atoms with E-state index in [9.17, 15) is 19.8 Å². The first-order valence-electron chi connectivity index (χ1n) is 9.78. The second-order valence-electron chi connectivity index (χ2n) is 7.41. The molecule has 2 N–H and O–H groups in total. The average Bonchev–Trinajstić information content (AvgIpc) is 3.05. The van der Waals surface area contributed by atoms with Crippen LogP contribution in [0.2, 0.25) is 10.0 Å². The van der Waals surface area contributed by atoms with Crippen molar-refractivity contribution in [1.82, 2.24) is 4.98 Å². The molecule has 0 saturated carbocycles. The summed E-state index contributed by atoms with van der Waals surface area (Å²) in [5.41, 5.74) is 1.20. The van der Waals surface area contributed by atoms with E-state index in [2.05, 4.69) is 4.98 Å². The lowest BCUT2D eigenvalue weighted by Gasteiger charge is -2.26. The number of aryl methyl sites for hydroxylation is 1. The molecule has 33 heavy (non-hydrogen) atoms. The third kappa shape index (κ3) is 3.90. The van der Waals surface area contributed by atoms with Crippen molar-refractivity contribution in [2.24, 2.45) is 0 Å². The zero-order valence-electron chi connectivity index (χ0n) is 17.5. The maximum atomic E-state index is 13.2. The smallest absolute Gasteiger partial charge is 0.300 e. The Morgan fingerprint density at radius 1 is 1.09 bits per heavy atom. The summed E-state index contributed by atoms with van der Waals surface area (Å²) < 4.78 is 5.36. The van der Waals surface area contributed by atoms with Crippen molar-refractivity contribution in [2.45, 2.75) is 13.0 Å². The van der Waals surface area contributed by atoms with Gasteiger partial charge in [0.05, 0.1) is 35.0 Å². The van der Waals surface area contributed by atoms with Crippen LogP contribution in [0.5, 0.6) is 11.5 Å². The number of aromatic nitrogens is 1. The first-order chi connectivity index (χ1) is 15.7. The van der Waals surface area contributed by atoms with Crippen LogP contribution in [-0.2, 0) is 9.59 Å². The number of carbonyl (C=O) groups is 2. The number of aliphatic hydroxyl groups excluding tert-OH is 1. The van der Waals surface area contributed by atoms with Crippen LogP contribution in [-0.4, -0.2) is 34.0 Å². The summed E-state index contributed by atoms with van der Waals surface area (Å²) in [5.74, 6) is -2.43. The van der Waals surface area contributed by atoms with Crippen molar-refractivity contribution in [3.63, 3.8) is 0 Å². The number of ether oxygens (including phenoxy) is 1. The largest absolute Gasteiger partial charge is 0.507 e. The van der Waals surface area contributed by atoms with Gasteiger partial charge in [0.1, 0.15) is 17.3 Å². The number of hydrogen-bond donors (Lipinski definition) is 2. The standard InChI is InChI=1S/C24H18Cl2N2O5/c1-12-9-15(23(33-2)16(26)10-12)21(30)19-20(13-5-7-27-8-6-13)28(24(32)22(19)31)17-11-14(25)3-4-18(17)29/h3-11,20,29-30H,1-2H3/b21-19+. The number of phenols is 1. The summed E-state index contributed by atoms with van der Waals surface area (Å²) in [6.45, 7) is 1.77. The van der Waals surface area contributed by atoms with Gasteiger partial charge in [-0.2, -0.15) is 0 Å². The van der Waals surface area contributed by atoms with E-state index >= 15 is 0 Å². The lowest BCUT2D eigenvalue weighted by molar-refractivity contribution is -0.132. The number of nitrogens with zero attached hydrogens (tertiary/aromatic N) is 2. The van der Waals surface area contributed by atoms with Gasteiger partial charge in [0.15, 0.2) is 0 Å². The van der Waals surface area contributed by atoms with Gasteiger partial charge in [-0.25, -0.2) is 0 Å². The number of aromatic hydroxyl groups is 1. The number of rotatable bonds is 4. The number of aliphatic hydroxyl groups is 1. The quantitative estimate of drug-likeness (QED) is 0.305. The lowest BCUT2D eigenvalue weighted by atomic mass is 9.95. The predicted octanol–water partition coefficient (Wildman–Crippen LogP) is 5.04. The van der Waals surface area contributed by atoms with Gasteiger partial charge in [-0.15, -0.1) is 0 Å². The number of hydrogen-bond acceptors (Lipinski definition) is 6. The Balaban J connectivity index is 2.03. The average molecular weight is 485 g/mol. The summed E-state index contributed by atoms with van der Waals surface area (Å²) in [5, 5.41) is 22.3. The molecular weight excluding hydrogens is 467 g/mol. The highest BCUT2D eigenvalue weighted by atomic mass is 35.5. The number of methoxy groups -OCH3 is 1. The number of anilines is 1. The summed E-state index contributed by atoms with van der Waals surface area (Å²) in [6.07, 6.45) is 2.99. The fourth-order valence-corrected chi connectivity index (χ4v) is 4.41. The molecular formula is C24H18Cl2N2O5. The fourth-order valence-electron chi connectivity index (χ4n) is 3.89. The zero-order chi connectivity index (χ0) is 23.9. The van der Waals surface area contributed by atoms with Gasteiger partial charge in [-0.3, -0.25) is 19.5 Å². The number of carbonyl (C=O) groups excluding carboxylic acids is 2. The second-order valence-corrected chi connectivity index (χ2v) is 8.25. The minimum absolute atomic E-state index is 0.0275. The molecule has 1 saturated heterocycles. The van der Waals surface area contributed by atoms with Crippen LogP contribution >= 0.6 is 23.2 Å². The normalized spacial score (nSPS) is 17.5. The highest BCUT2D eigenvalue weighted by molar-refractivity contribution is 6.52. The molecule has 1 unspecified atom stereocenters. The van der Waals surface area contributed by atoms with E-state index in [0.717, 1.165) is 4.90 Å². The van der Waals surface area contributed by atoms with Crippen LogP contribution in [0.15, 0.2) is 60.4 Å². The molecule has 7 nitrogen and oxygen atoms in total. The van der Waals surface area contributed by atoms with E-state index in [1.165, 1.54) is 37.7 Å². The van der Waals surface area contributed by atoms with E-state index in [4.69, 9.17) is 27.9 Å². The number of Topliss-reactive ketones (excluding diaryl/α,β-unsaturated/α-hetero) is 1. The number of amides is 1. The molecule has 2 aromatic carbocycles. The highest BCUT2D eigenvalue weighted by Gasteiger charge is 2.48. The maximum Gasteiger partial charge on any atom is 0.300 e. The molecule has 9 heteroatoms. The molecule has 1 amide bonds. The first kappa shape index (κ1) is 22.6. The Morgan fingerprint density at radius 2 is 1.79 bits per heavy atom. The van der Waals surface area contributed by atoms with Crippen molar-refractivity contribution in [1.29, 1.82) is 0 Å². The molecule has 3 aromatic rings. The maximum absolute atomic E-state index is 13.2. The molecule has 1 aliphatic rings. The van der Waals surface area contributed by atoms with Crippen LogP contribution in [0.25, 0.3) is 5.76 Å². The van der Waals surface area contributed by atoms with Gasteiger partial charge in [-0.05, 0) is 60.5 Å². The van der Waals surface area contributed by atoms with Crippen LogP contribution in [0.4, 0.5) is 5.69 Å². The monoisotopic (exact) mass is 484 g/mol. The van der Waals surface area contributed by atoms with Crippen LogP contribution in [0, 0.1) is 6.92 Å². The topological polar surface area (TPSA) is 100.0 Å². The fraction of sp³-hybridized carbons (Fsp3) is 0.125. The minimum atomic E-state index is -1.07.